The average molecular weight is 435 g/mol. The Bertz CT molecular complexity index is 864. The summed E-state index contributed by atoms with van der Waals surface area (Å²) in [5, 5.41) is 8.79. The van der Waals surface area contributed by atoms with Gasteiger partial charge in [-0.3, -0.25) is 9.69 Å². The van der Waals surface area contributed by atoms with Crippen molar-refractivity contribution < 1.29 is 27.8 Å². The normalized spacial score (nSPS) is 18.2. The van der Waals surface area contributed by atoms with Crippen LogP contribution in [0.5, 0.6) is 5.75 Å². The molecule has 31 heavy (non-hydrogen) atoms. The molecule has 1 aliphatic carbocycles. The van der Waals surface area contributed by atoms with Crippen LogP contribution in [0, 0.1) is 0 Å². The Morgan fingerprint density at radius 2 is 1.77 bits per heavy atom. The molecule has 7 heteroatoms. The van der Waals surface area contributed by atoms with Gasteiger partial charge in [0.05, 0.1) is 5.56 Å². The van der Waals surface area contributed by atoms with Crippen molar-refractivity contribution >= 4 is 5.97 Å². The second kappa shape index (κ2) is 10.7. The maximum absolute atomic E-state index is 12.9. The van der Waals surface area contributed by atoms with Crippen LogP contribution in [0.3, 0.4) is 0 Å². The molecular formula is C24H28F3NO3. The highest BCUT2D eigenvalue weighted by Crippen LogP contribution is 2.30. The van der Waals surface area contributed by atoms with Crippen molar-refractivity contribution in [3.05, 3.63) is 65.2 Å². The highest BCUT2D eigenvalue weighted by atomic mass is 19.4. The Balaban J connectivity index is 0.000000834. The molecule has 1 atom stereocenters. The molecule has 4 nitrogen and oxygen atoms in total. The third-order valence-electron chi connectivity index (χ3n) is 5.07. The summed E-state index contributed by atoms with van der Waals surface area (Å²) in [6.07, 6.45) is 1.42. The van der Waals surface area contributed by atoms with E-state index in [1.54, 1.807) is 6.07 Å². The van der Waals surface area contributed by atoms with Crippen molar-refractivity contribution in [2.75, 3.05) is 13.1 Å². The Morgan fingerprint density at radius 1 is 1.06 bits per heavy atom. The molecule has 0 amide bonds. The summed E-state index contributed by atoms with van der Waals surface area (Å²) in [5.74, 6) is -0.152. The number of rotatable bonds is 7. The lowest BCUT2D eigenvalue weighted by Crippen LogP contribution is -2.24. The van der Waals surface area contributed by atoms with E-state index >= 15 is 0 Å². The van der Waals surface area contributed by atoms with E-state index in [4.69, 9.17) is 9.84 Å². The van der Waals surface area contributed by atoms with Crippen LogP contribution >= 0.6 is 0 Å². The van der Waals surface area contributed by atoms with Crippen molar-refractivity contribution in [1.29, 1.82) is 0 Å². The summed E-state index contributed by atoms with van der Waals surface area (Å²) in [4.78, 5) is 12.8. The Labute approximate surface area is 180 Å². The van der Waals surface area contributed by atoms with Crippen LogP contribution in [0.2, 0.25) is 0 Å². The van der Waals surface area contributed by atoms with E-state index in [1.165, 1.54) is 31.4 Å². The van der Waals surface area contributed by atoms with E-state index in [2.05, 4.69) is 4.90 Å². The monoisotopic (exact) mass is 435 g/mol. The number of carbonyl (C=O) groups is 1. The molecular weight excluding hydrogens is 407 g/mol. The molecule has 2 aliphatic rings. The molecule has 1 unspecified atom stereocenters. The van der Waals surface area contributed by atoms with Gasteiger partial charge in [0.2, 0.25) is 0 Å². The van der Waals surface area contributed by atoms with Crippen molar-refractivity contribution in [3.63, 3.8) is 0 Å². The second-order valence-corrected chi connectivity index (χ2v) is 8.06. The minimum absolute atomic E-state index is 0.0412. The number of likely N-dealkylation sites (tertiary alicyclic amines) is 1. The lowest BCUT2D eigenvalue weighted by Gasteiger charge is -2.18. The Morgan fingerprint density at radius 3 is 2.45 bits per heavy atom. The average Bonchev–Trinajstić information content (AvgIpc) is 3.54. The van der Waals surface area contributed by atoms with Gasteiger partial charge in [0, 0.05) is 26.1 Å². The van der Waals surface area contributed by atoms with Crippen LogP contribution in [0.15, 0.2) is 48.5 Å². The highest BCUT2D eigenvalue weighted by Gasteiger charge is 2.31. The van der Waals surface area contributed by atoms with Gasteiger partial charge in [0.1, 0.15) is 11.9 Å². The number of carboxylic acid groups (broad SMARTS) is 1. The number of nitrogens with zero attached hydrogens (tertiary/aromatic N) is 1. The summed E-state index contributed by atoms with van der Waals surface area (Å²) >= 11 is 0. The van der Waals surface area contributed by atoms with Gasteiger partial charge in [-0.25, -0.2) is 0 Å². The quantitative estimate of drug-likeness (QED) is 0.620. The minimum atomic E-state index is -4.33. The zero-order chi connectivity index (χ0) is 22.3. The lowest BCUT2D eigenvalue weighted by atomic mass is 10.1. The first-order chi connectivity index (χ1) is 14.8. The number of aliphatic carboxylic acids is 1. The van der Waals surface area contributed by atoms with Crippen LogP contribution < -0.4 is 4.74 Å². The van der Waals surface area contributed by atoms with E-state index in [0.29, 0.717) is 30.8 Å². The SMILES string of the molecule is C1CC1.O=C(O)CCc1cccc(OC2CCN(Cc3cccc(C(F)(F)F)c3)C2)c1. The van der Waals surface area contributed by atoms with Crippen molar-refractivity contribution in [2.45, 2.75) is 57.3 Å². The van der Waals surface area contributed by atoms with E-state index in [1.807, 2.05) is 24.3 Å². The van der Waals surface area contributed by atoms with E-state index < -0.39 is 17.7 Å². The topological polar surface area (TPSA) is 49.8 Å². The number of aryl methyl sites for hydroxylation is 1. The fourth-order valence-corrected chi connectivity index (χ4v) is 3.36. The molecule has 2 aromatic rings. The summed E-state index contributed by atoms with van der Waals surface area (Å²) in [7, 11) is 0. The fourth-order valence-electron chi connectivity index (χ4n) is 3.36. The van der Waals surface area contributed by atoms with Crippen LogP contribution in [0.1, 0.15) is 48.8 Å². The first-order valence-corrected chi connectivity index (χ1v) is 10.7. The molecule has 2 aromatic carbocycles. The van der Waals surface area contributed by atoms with Crippen LogP contribution in [-0.4, -0.2) is 35.2 Å². The van der Waals surface area contributed by atoms with Gasteiger partial charge in [-0.1, -0.05) is 49.6 Å². The van der Waals surface area contributed by atoms with Crippen molar-refractivity contribution in [2.24, 2.45) is 0 Å². The molecule has 0 spiro atoms. The molecule has 0 bridgehead atoms. The fraction of sp³-hybridized carbons (Fsp3) is 0.458. The van der Waals surface area contributed by atoms with Gasteiger partial charge >= 0.3 is 12.1 Å². The number of alkyl halides is 3. The van der Waals surface area contributed by atoms with Crippen LogP contribution in [0.4, 0.5) is 13.2 Å². The number of hydrogen-bond donors (Lipinski definition) is 1. The molecule has 1 saturated carbocycles. The lowest BCUT2D eigenvalue weighted by molar-refractivity contribution is -0.138. The van der Waals surface area contributed by atoms with Crippen molar-refractivity contribution in [3.8, 4) is 5.75 Å². The van der Waals surface area contributed by atoms with Gasteiger partial charge in [-0.15, -0.1) is 0 Å². The number of carboxylic acids is 1. The number of hydrogen-bond acceptors (Lipinski definition) is 3. The Hall–Kier alpha value is -2.54. The van der Waals surface area contributed by atoms with Crippen LogP contribution in [-0.2, 0) is 23.9 Å². The van der Waals surface area contributed by atoms with Gasteiger partial charge in [-0.05, 0) is 42.2 Å². The molecule has 2 fully saturated rings. The van der Waals surface area contributed by atoms with Gasteiger partial charge in [0.25, 0.3) is 0 Å². The molecule has 4 rings (SSSR count). The number of halogens is 3. The third-order valence-corrected chi connectivity index (χ3v) is 5.07. The summed E-state index contributed by atoms with van der Waals surface area (Å²) in [6.45, 7) is 1.83. The van der Waals surface area contributed by atoms with Gasteiger partial charge < -0.3 is 9.84 Å². The van der Waals surface area contributed by atoms with Gasteiger partial charge in [0.15, 0.2) is 0 Å². The molecule has 0 radical (unpaired) electrons. The maximum atomic E-state index is 12.9. The first kappa shape index (κ1) is 23.1. The largest absolute Gasteiger partial charge is 0.489 e. The standard InChI is InChI=1S/C21H22F3NO3.C3H6/c22-21(23,24)17-5-1-4-16(11-17)13-25-10-9-19(14-25)28-18-6-2-3-15(12-18)7-8-20(26)27;1-2-3-1/h1-6,11-12,19H,7-10,13-14H2,(H,26,27);1-3H2. The van der Waals surface area contributed by atoms with Gasteiger partial charge in [-0.2, -0.15) is 13.2 Å². The summed E-state index contributed by atoms with van der Waals surface area (Å²) in [6, 6.07) is 12.8. The Kier molecular flexibility index (Phi) is 7.96. The highest BCUT2D eigenvalue weighted by molar-refractivity contribution is 5.67. The van der Waals surface area contributed by atoms with E-state index in [-0.39, 0.29) is 12.5 Å². The van der Waals surface area contributed by atoms with E-state index in [0.717, 1.165) is 24.6 Å². The van der Waals surface area contributed by atoms with E-state index in [9.17, 15) is 18.0 Å². The molecule has 1 N–H and O–H groups in total. The predicted octanol–water partition coefficient (Wildman–Crippen LogP) is 5.55. The predicted molar refractivity (Wildman–Crippen MR) is 112 cm³/mol. The zero-order valence-corrected chi connectivity index (χ0v) is 17.4. The molecule has 1 heterocycles. The van der Waals surface area contributed by atoms with Crippen LogP contribution in [0.25, 0.3) is 0 Å². The molecule has 1 saturated heterocycles. The minimum Gasteiger partial charge on any atom is -0.489 e. The summed E-state index contributed by atoms with van der Waals surface area (Å²) < 4.78 is 44.6. The molecule has 0 aromatic heterocycles. The molecule has 1 aliphatic heterocycles. The zero-order valence-electron chi connectivity index (χ0n) is 17.4. The third kappa shape index (κ3) is 8.25. The second-order valence-electron chi connectivity index (χ2n) is 8.06. The number of ether oxygens (including phenoxy) is 1. The molecule has 168 valence electrons. The smallest absolute Gasteiger partial charge is 0.416 e. The number of benzene rings is 2. The summed E-state index contributed by atoms with van der Waals surface area (Å²) in [5.41, 5.74) is 0.903. The van der Waals surface area contributed by atoms with Crippen molar-refractivity contribution in [1.82, 2.24) is 4.90 Å². The maximum Gasteiger partial charge on any atom is 0.416 e. The first-order valence-electron chi connectivity index (χ1n) is 10.7.